The van der Waals surface area contributed by atoms with Crippen LogP contribution in [0.25, 0.3) is 11.1 Å². The quantitative estimate of drug-likeness (QED) is 0.134. The molecule has 8 heteroatoms. The van der Waals surface area contributed by atoms with Crippen LogP contribution in [0.1, 0.15) is 51.1 Å². The van der Waals surface area contributed by atoms with Crippen LogP contribution >= 0.6 is 11.6 Å². The van der Waals surface area contributed by atoms with E-state index in [1.54, 1.807) is 55.6 Å². The van der Waals surface area contributed by atoms with Crippen LogP contribution in [0.15, 0.2) is 97.3 Å². The van der Waals surface area contributed by atoms with E-state index >= 15 is 0 Å². The molecule has 4 aromatic carbocycles. The van der Waals surface area contributed by atoms with E-state index in [-0.39, 0.29) is 18.2 Å². The number of aliphatic carboxylic acids is 1. The van der Waals surface area contributed by atoms with Crippen LogP contribution in [0.4, 0.5) is 11.4 Å². The van der Waals surface area contributed by atoms with Crippen molar-refractivity contribution in [2.24, 2.45) is 0 Å². The van der Waals surface area contributed by atoms with Crippen molar-refractivity contribution in [3.05, 3.63) is 125 Å². The van der Waals surface area contributed by atoms with Crippen molar-refractivity contribution in [2.45, 2.75) is 33.1 Å². The molecule has 0 spiro atoms. The molecule has 0 atom stereocenters. The number of hydrogen-bond acceptors (Lipinski definition) is 4. The Balaban J connectivity index is 1.49. The zero-order chi connectivity index (χ0) is 30.9. The minimum Gasteiger partial charge on any atom is -0.481 e. The van der Waals surface area contributed by atoms with Gasteiger partial charge in [-0.15, -0.1) is 0 Å². The molecule has 0 bridgehead atoms. The van der Waals surface area contributed by atoms with Crippen LogP contribution in [-0.4, -0.2) is 29.9 Å². The van der Waals surface area contributed by atoms with Gasteiger partial charge in [-0.2, -0.15) is 0 Å². The number of carbonyl (C=O) groups excluding carboxylic acids is 2. The number of aryl methyl sites for hydroxylation is 2. The standard InChI is InChI=1S/C35H33ClN2O5/c1-23-15-17-25(18-16-23)27-10-6-7-11-28(27)34(41)37-30-20-19-26(22-24(30)2)35(42)38(3)31-13-9-12-29(36)33(31)43-21-8-4-5-14-32(39)40/h6-13,15-22H,4-5,14H2,1-3H3,(H,37,41)(H,39,40)/b21-8+. The zero-order valence-electron chi connectivity index (χ0n) is 24.3. The molecule has 0 aromatic heterocycles. The predicted molar refractivity (Wildman–Crippen MR) is 171 cm³/mol. The molecule has 7 nitrogen and oxygen atoms in total. The fraction of sp³-hybridized carbons (Fsp3) is 0.171. The van der Waals surface area contributed by atoms with Crippen molar-refractivity contribution in [1.29, 1.82) is 0 Å². The Morgan fingerprint density at radius 3 is 2.42 bits per heavy atom. The summed E-state index contributed by atoms with van der Waals surface area (Å²) in [4.78, 5) is 39.0. The van der Waals surface area contributed by atoms with Crippen LogP contribution in [0, 0.1) is 13.8 Å². The van der Waals surface area contributed by atoms with E-state index in [2.05, 4.69) is 5.32 Å². The Kier molecular flexibility index (Phi) is 10.4. The highest BCUT2D eigenvalue weighted by atomic mass is 35.5. The van der Waals surface area contributed by atoms with Gasteiger partial charge in [0.1, 0.15) is 0 Å². The Labute approximate surface area is 256 Å². The van der Waals surface area contributed by atoms with Gasteiger partial charge < -0.3 is 20.1 Å². The van der Waals surface area contributed by atoms with Crippen LogP contribution in [0.3, 0.4) is 0 Å². The molecule has 43 heavy (non-hydrogen) atoms. The molecule has 2 N–H and O–H groups in total. The number of carboxylic acid groups (broad SMARTS) is 1. The first-order valence-electron chi connectivity index (χ1n) is 13.8. The normalized spacial score (nSPS) is 10.9. The lowest BCUT2D eigenvalue weighted by Crippen LogP contribution is -2.26. The molecule has 0 aliphatic carbocycles. The van der Waals surface area contributed by atoms with E-state index in [1.807, 2.05) is 56.3 Å². The largest absolute Gasteiger partial charge is 0.481 e. The van der Waals surface area contributed by atoms with Crippen LogP contribution in [0.2, 0.25) is 5.02 Å². The number of halogens is 1. The fourth-order valence-corrected chi connectivity index (χ4v) is 4.74. The van der Waals surface area contributed by atoms with Crippen LogP contribution in [-0.2, 0) is 4.79 Å². The summed E-state index contributed by atoms with van der Waals surface area (Å²) in [5.74, 6) is -1.07. The van der Waals surface area contributed by atoms with Crippen molar-refractivity contribution in [1.82, 2.24) is 0 Å². The highest BCUT2D eigenvalue weighted by molar-refractivity contribution is 6.32. The molecule has 0 radical (unpaired) electrons. The first kappa shape index (κ1) is 31.1. The third kappa shape index (κ3) is 7.90. The number of para-hydroxylation sites is 1. The second-order valence-electron chi connectivity index (χ2n) is 10.1. The van der Waals surface area contributed by atoms with E-state index in [0.29, 0.717) is 46.1 Å². The number of anilines is 2. The molecule has 0 aliphatic heterocycles. The SMILES string of the molecule is Cc1ccc(-c2ccccc2C(=O)Nc2ccc(C(=O)N(C)c3cccc(Cl)c3O/C=C/CCCC(=O)O)cc2C)cc1. The number of nitrogens with one attached hydrogen (secondary N) is 1. The monoisotopic (exact) mass is 596 g/mol. The maximum absolute atomic E-state index is 13.5. The Morgan fingerprint density at radius 1 is 0.953 bits per heavy atom. The Morgan fingerprint density at radius 2 is 1.70 bits per heavy atom. The van der Waals surface area contributed by atoms with E-state index in [1.165, 1.54) is 11.2 Å². The number of rotatable bonds is 11. The number of hydrogen-bond donors (Lipinski definition) is 2. The summed E-state index contributed by atoms with van der Waals surface area (Å²) in [6.45, 7) is 3.85. The number of benzene rings is 4. The first-order chi connectivity index (χ1) is 20.7. The lowest BCUT2D eigenvalue weighted by atomic mass is 9.98. The lowest BCUT2D eigenvalue weighted by Gasteiger charge is -2.21. The van der Waals surface area contributed by atoms with Crippen molar-refractivity contribution in [3.63, 3.8) is 0 Å². The highest BCUT2D eigenvalue weighted by Crippen LogP contribution is 2.36. The summed E-state index contributed by atoms with van der Waals surface area (Å²) in [7, 11) is 1.63. The summed E-state index contributed by atoms with van der Waals surface area (Å²) in [6, 6.07) is 25.7. The third-order valence-corrected chi connectivity index (χ3v) is 7.21. The molecule has 0 saturated carbocycles. The Bertz CT molecular complexity index is 1660. The summed E-state index contributed by atoms with van der Waals surface area (Å²) < 4.78 is 5.76. The molecular formula is C35H33ClN2O5. The number of ether oxygens (including phenoxy) is 1. The van der Waals surface area contributed by atoms with Gasteiger partial charge in [0.05, 0.1) is 17.0 Å². The van der Waals surface area contributed by atoms with E-state index in [4.69, 9.17) is 21.4 Å². The molecule has 2 amide bonds. The van der Waals surface area contributed by atoms with Gasteiger partial charge in [-0.05, 0) is 85.9 Å². The molecule has 0 aliphatic rings. The average molecular weight is 597 g/mol. The number of allylic oxidation sites excluding steroid dienone is 1. The van der Waals surface area contributed by atoms with Gasteiger partial charge >= 0.3 is 5.97 Å². The lowest BCUT2D eigenvalue weighted by molar-refractivity contribution is -0.137. The van der Waals surface area contributed by atoms with Crippen molar-refractivity contribution >= 4 is 40.8 Å². The number of carboxylic acids is 1. The minimum absolute atomic E-state index is 0.0710. The maximum Gasteiger partial charge on any atom is 0.303 e. The fourth-order valence-electron chi connectivity index (χ4n) is 4.53. The number of unbranched alkanes of at least 4 members (excludes halogenated alkanes) is 1. The smallest absolute Gasteiger partial charge is 0.303 e. The van der Waals surface area contributed by atoms with E-state index < -0.39 is 5.97 Å². The topological polar surface area (TPSA) is 95.9 Å². The Hall–Kier alpha value is -4.88. The molecule has 0 saturated heterocycles. The summed E-state index contributed by atoms with van der Waals surface area (Å²) >= 11 is 6.39. The first-order valence-corrected chi connectivity index (χ1v) is 14.2. The van der Waals surface area contributed by atoms with Gasteiger partial charge in [0.25, 0.3) is 11.8 Å². The molecule has 220 valence electrons. The molecule has 0 fully saturated rings. The summed E-state index contributed by atoms with van der Waals surface area (Å²) in [5.41, 5.74) is 5.70. The molecular weight excluding hydrogens is 564 g/mol. The van der Waals surface area contributed by atoms with Gasteiger partial charge in [0.2, 0.25) is 0 Å². The molecule has 4 rings (SSSR count). The van der Waals surface area contributed by atoms with Gasteiger partial charge in [-0.3, -0.25) is 14.4 Å². The maximum atomic E-state index is 13.5. The van der Waals surface area contributed by atoms with Gasteiger partial charge in [0.15, 0.2) is 5.75 Å². The zero-order valence-corrected chi connectivity index (χ0v) is 25.0. The second kappa shape index (κ2) is 14.3. The van der Waals surface area contributed by atoms with E-state index in [0.717, 1.165) is 22.3 Å². The van der Waals surface area contributed by atoms with Crippen molar-refractivity contribution in [2.75, 3.05) is 17.3 Å². The second-order valence-corrected chi connectivity index (χ2v) is 10.5. The van der Waals surface area contributed by atoms with Gasteiger partial charge in [-0.1, -0.05) is 65.7 Å². The van der Waals surface area contributed by atoms with Gasteiger partial charge in [0, 0.05) is 30.3 Å². The predicted octanol–water partition coefficient (Wildman–Crippen LogP) is 8.30. The van der Waals surface area contributed by atoms with Crippen molar-refractivity contribution < 1.29 is 24.2 Å². The molecule has 0 heterocycles. The van der Waals surface area contributed by atoms with Crippen LogP contribution < -0.4 is 15.0 Å². The minimum atomic E-state index is -0.850. The third-order valence-electron chi connectivity index (χ3n) is 6.91. The van der Waals surface area contributed by atoms with Crippen LogP contribution in [0.5, 0.6) is 5.75 Å². The van der Waals surface area contributed by atoms with E-state index in [9.17, 15) is 14.4 Å². The van der Waals surface area contributed by atoms with Gasteiger partial charge in [-0.25, -0.2) is 0 Å². The number of carbonyl (C=O) groups is 3. The summed E-state index contributed by atoms with van der Waals surface area (Å²) in [5, 5.41) is 12.1. The molecule has 4 aromatic rings. The number of amides is 2. The highest BCUT2D eigenvalue weighted by Gasteiger charge is 2.20. The summed E-state index contributed by atoms with van der Waals surface area (Å²) in [6.07, 6.45) is 4.25. The van der Waals surface area contributed by atoms with Crippen molar-refractivity contribution in [3.8, 4) is 16.9 Å². The molecule has 0 unspecified atom stereocenters. The number of nitrogens with zero attached hydrogens (tertiary/aromatic N) is 1. The average Bonchev–Trinajstić information content (AvgIpc) is 3.00.